The van der Waals surface area contributed by atoms with Crippen LogP contribution in [0, 0.1) is 5.82 Å². The number of hydrogen-bond acceptors (Lipinski definition) is 5. The summed E-state index contributed by atoms with van der Waals surface area (Å²) in [6, 6.07) is -0.0505. The lowest BCUT2D eigenvalue weighted by Crippen LogP contribution is -2.07. The molecule has 0 fully saturated rings. The molecule has 6 nitrogen and oxygen atoms in total. The molecule has 0 bridgehead atoms. The van der Waals surface area contributed by atoms with Crippen molar-refractivity contribution in [2.24, 2.45) is 10.1 Å². The molecule has 1 heterocycles. The molecule has 0 N–H and O–H groups in total. The molecule has 0 amide bonds. The fourth-order valence-corrected chi connectivity index (χ4v) is 0.747. The third-order valence-electron chi connectivity index (χ3n) is 1.35. The van der Waals surface area contributed by atoms with Crippen molar-refractivity contribution >= 4 is 18.4 Å². The SMILES string of the molecule is C/C=N\Oc1ncc(F)c(N=CN(C)C)n1. The Balaban J connectivity index is 2.90. The van der Waals surface area contributed by atoms with Crippen LogP contribution in [0.5, 0.6) is 6.01 Å². The van der Waals surface area contributed by atoms with Crippen molar-refractivity contribution in [3.8, 4) is 6.01 Å². The van der Waals surface area contributed by atoms with Crippen LogP contribution in [0.25, 0.3) is 0 Å². The van der Waals surface area contributed by atoms with Gasteiger partial charge in [-0.1, -0.05) is 5.16 Å². The van der Waals surface area contributed by atoms with Gasteiger partial charge >= 0.3 is 6.01 Å². The van der Waals surface area contributed by atoms with Gasteiger partial charge in [-0.25, -0.2) is 9.38 Å². The first-order valence-corrected chi connectivity index (χ1v) is 4.51. The van der Waals surface area contributed by atoms with E-state index in [0.29, 0.717) is 0 Å². The van der Waals surface area contributed by atoms with Crippen LogP contribution in [0.2, 0.25) is 0 Å². The van der Waals surface area contributed by atoms with Gasteiger partial charge in [0.05, 0.1) is 12.5 Å². The van der Waals surface area contributed by atoms with Gasteiger partial charge in [0.15, 0.2) is 11.6 Å². The summed E-state index contributed by atoms with van der Waals surface area (Å²) in [5.74, 6) is -0.712. The van der Waals surface area contributed by atoms with E-state index in [1.807, 2.05) is 0 Å². The zero-order valence-corrected chi connectivity index (χ0v) is 9.25. The number of aliphatic imine (C=N–C) groups is 1. The third-order valence-corrected chi connectivity index (χ3v) is 1.35. The van der Waals surface area contributed by atoms with Crippen molar-refractivity contribution in [3.63, 3.8) is 0 Å². The van der Waals surface area contributed by atoms with Gasteiger partial charge in [-0.05, 0) is 6.92 Å². The molecule has 0 aliphatic heterocycles. The van der Waals surface area contributed by atoms with Gasteiger partial charge in [-0.15, -0.1) is 0 Å². The second-order valence-corrected chi connectivity index (χ2v) is 2.99. The number of nitrogens with zero attached hydrogens (tertiary/aromatic N) is 5. The van der Waals surface area contributed by atoms with Gasteiger partial charge in [-0.2, -0.15) is 9.97 Å². The fraction of sp³-hybridized carbons (Fsp3) is 0.333. The summed E-state index contributed by atoms with van der Waals surface area (Å²) < 4.78 is 13.2. The first kappa shape index (κ1) is 12.0. The summed E-state index contributed by atoms with van der Waals surface area (Å²) in [6.07, 6.45) is 3.84. The largest absolute Gasteiger partial charge is 0.369 e. The molecule has 1 aromatic heterocycles. The molecule has 0 unspecified atom stereocenters. The van der Waals surface area contributed by atoms with E-state index in [1.54, 1.807) is 25.9 Å². The highest BCUT2D eigenvalue weighted by Crippen LogP contribution is 2.15. The Bertz CT molecular complexity index is 405. The van der Waals surface area contributed by atoms with E-state index >= 15 is 0 Å². The Hall–Kier alpha value is -2.05. The van der Waals surface area contributed by atoms with E-state index in [1.165, 1.54) is 12.6 Å². The summed E-state index contributed by atoms with van der Waals surface area (Å²) in [5, 5.41) is 3.47. The number of halogens is 1. The minimum absolute atomic E-state index is 0.0505. The van der Waals surface area contributed by atoms with Gasteiger partial charge in [0.1, 0.15) is 0 Å². The van der Waals surface area contributed by atoms with Crippen LogP contribution in [-0.2, 0) is 0 Å². The molecule has 0 aliphatic rings. The smallest absolute Gasteiger partial charge is 0.347 e. The van der Waals surface area contributed by atoms with E-state index in [9.17, 15) is 4.39 Å². The van der Waals surface area contributed by atoms with Crippen LogP contribution in [0.1, 0.15) is 6.92 Å². The monoisotopic (exact) mass is 225 g/mol. The lowest BCUT2D eigenvalue weighted by molar-refractivity contribution is 0.313. The van der Waals surface area contributed by atoms with Crippen LogP contribution in [0.3, 0.4) is 0 Å². The van der Waals surface area contributed by atoms with Gasteiger partial charge in [0, 0.05) is 20.3 Å². The lowest BCUT2D eigenvalue weighted by Gasteiger charge is -2.02. The quantitative estimate of drug-likeness (QED) is 0.439. The average Bonchev–Trinajstić information content (AvgIpc) is 2.26. The molecule has 1 aromatic rings. The van der Waals surface area contributed by atoms with Crippen LogP contribution in [0.4, 0.5) is 10.2 Å². The Labute approximate surface area is 92.5 Å². The second-order valence-electron chi connectivity index (χ2n) is 2.99. The summed E-state index contributed by atoms with van der Waals surface area (Å²) >= 11 is 0. The standard InChI is InChI=1S/C9H12FN5O/c1-4-13-16-9-11-5-7(10)8(14-9)12-6-15(2)3/h4-6H,1-3H3/b12-6?,13-4-. The molecule has 0 radical (unpaired) electrons. The second kappa shape index (κ2) is 5.74. The molecule has 86 valence electrons. The molecule has 0 atom stereocenters. The summed E-state index contributed by atoms with van der Waals surface area (Å²) in [6.45, 7) is 1.68. The average molecular weight is 225 g/mol. The van der Waals surface area contributed by atoms with Crippen molar-refractivity contribution in [1.82, 2.24) is 14.9 Å². The molecule has 7 heteroatoms. The fourth-order valence-electron chi connectivity index (χ4n) is 0.747. The molecule has 0 spiro atoms. The first-order chi connectivity index (χ1) is 7.63. The molecular weight excluding hydrogens is 213 g/mol. The topological polar surface area (TPSA) is 63.0 Å². The maximum atomic E-state index is 13.2. The Morgan fingerprint density at radius 1 is 1.50 bits per heavy atom. The van der Waals surface area contributed by atoms with Crippen LogP contribution in [0.15, 0.2) is 16.3 Å². The minimum atomic E-state index is -0.620. The molecule has 0 saturated carbocycles. The van der Waals surface area contributed by atoms with Gasteiger partial charge in [-0.3, -0.25) is 0 Å². The lowest BCUT2D eigenvalue weighted by atomic mass is 10.5. The van der Waals surface area contributed by atoms with Crippen molar-refractivity contribution in [3.05, 3.63) is 12.0 Å². The van der Waals surface area contributed by atoms with E-state index < -0.39 is 5.82 Å². The van der Waals surface area contributed by atoms with E-state index in [2.05, 4.69) is 20.1 Å². The molecule has 16 heavy (non-hydrogen) atoms. The van der Waals surface area contributed by atoms with Crippen LogP contribution >= 0.6 is 0 Å². The predicted octanol–water partition coefficient (Wildman–Crippen LogP) is 1.22. The Morgan fingerprint density at radius 2 is 2.25 bits per heavy atom. The van der Waals surface area contributed by atoms with Gasteiger partial charge < -0.3 is 9.74 Å². The van der Waals surface area contributed by atoms with E-state index in [0.717, 1.165) is 6.20 Å². The number of rotatable bonds is 4. The normalized spacial score (nSPS) is 11.2. The predicted molar refractivity (Wildman–Crippen MR) is 58.6 cm³/mol. The number of oxime groups is 1. The molecular formula is C9H12FN5O. The highest BCUT2D eigenvalue weighted by molar-refractivity contribution is 5.59. The van der Waals surface area contributed by atoms with Crippen molar-refractivity contribution in [2.75, 3.05) is 14.1 Å². The summed E-state index contributed by atoms with van der Waals surface area (Å²) in [5.41, 5.74) is 0. The highest BCUT2D eigenvalue weighted by atomic mass is 19.1. The zero-order chi connectivity index (χ0) is 12.0. The van der Waals surface area contributed by atoms with Gasteiger partial charge in [0.2, 0.25) is 0 Å². The molecule has 1 rings (SSSR count). The maximum absolute atomic E-state index is 13.2. The summed E-state index contributed by atoms with van der Waals surface area (Å²) in [4.78, 5) is 17.6. The Kier molecular flexibility index (Phi) is 4.31. The highest BCUT2D eigenvalue weighted by Gasteiger charge is 2.06. The first-order valence-electron chi connectivity index (χ1n) is 4.51. The Morgan fingerprint density at radius 3 is 2.88 bits per heavy atom. The summed E-state index contributed by atoms with van der Waals surface area (Å²) in [7, 11) is 3.53. The van der Waals surface area contributed by atoms with E-state index in [-0.39, 0.29) is 11.8 Å². The van der Waals surface area contributed by atoms with Crippen LogP contribution < -0.4 is 4.84 Å². The van der Waals surface area contributed by atoms with Crippen LogP contribution in [-0.4, -0.2) is 41.5 Å². The van der Waals surface area contributed by atoms with Crippen molar-refractivity contribution in [1.29, 1.82) is 0 Å². The van der Waals surface area contributed by atoms with Gasteiger partial charge in [0.25, 0.3) is 0 Å². The maximum Gasteiger partial charge on any atom is 0.347 e. The molecule has 0 aliphatic carbocycles. The minimum Gasteiger partial charge on any atom is -0.369 e. The number of aromatic nitrogens is 2. The van der Waals surface area contributed by atoms with Crippen molar-refractivity contribution in [2.45, 2.75) is 6.92 Å². The number of hydrogen-bond donors (Lipinski definition) is 0. The zero-order valence-electron chi connectivity index (χ0n) is 9.25. The third kappa shape index (κ3) is 3.60. The van der Waals surface area contributed by atoms with Crippen molar-refractivity contribution < 1.29 is 9.23 Å². The molecule has 0 aromatic carbocycles. The molecule has 0 saturated heterocycles. The van der Waals surface area contributed by atoms with E-state index in [4.69, 9.17) is 4.84 Å².